The minimum Gasteiger partial charge on any atom is -0.341 e. The molecule has 1 atom stereocenters. The van der Waals surface area contributed by atoms with Crippen molar-refractivity contribution in [2.75, 3.05) is 0 Å². The summed E-state index contributed by atoms with van der Waals surface area (Å²) in [4.78, 5) is 22.5. The van der Waals surface area contributed by atoms with Gasteiger partial charge in [0.15, 0.2) is 5.78 Å². The maximum Gasteiger partial charge on any atom is 0.471 e. The molecule has 0 saturated carbocycles. The maximum atomic E-state index is 12.2. The van der Waals surface area contributed by atoms with Crippen molar-refractivity contribution < 1.29 is 22.8 Å². The fourth-order valence-electron chi connectivity index (χ4n) is 2.01. The molecule has 0 spiro atoms. The van der Waals surface area contributed by atoms with Gasteiger partial charge in [-0.25, -0.2) is 0 Å². The van der Waals surface area contributed by atoms with Gasteiger partial charge in [-0.2, -0.15) is 13.2 Å². The third-order valence-electron chi connectivity index (χ3n) is 2.86. The van der Waals surface area contributed by atoms with Crippen LogP contribution in [0.25, 0.3) is 0 Å². The second-order valence-electron chi connectivity index (χ2n) is 4.07. The zero-order chi connectivity index (χ0) is 13.3. The zero-order valence-electron chi connectivity index (χ0n) is 9.25. The van der Waals surface area contributed by atoms with Crippen LogP contribution >= 0.6 is 0 Å². The van der Waals surface area contributed by atoms with Gasteiger partial charge in [0, 0.05) is 12.0 Å². The number of hydrogen-bond donors (Lipinski definition) is 1. The number of Topliss-reactive ketones (excluding diaryl/α,β-unsaturated/α-hetero) is 1. The highest BCUT2D eigenvalue weighted by atomic mass is 19.4. The minimum atomic E-state index is -4.91. The third-order valence-corrected chi connectivity index (χ3v) is 2.86. The SMILES string of the molecule is O=C1CC[C@@H](NC(=O)C(F)(F)F)c2ccccc21. The van der Waals surface area contributed by atoms with E-state index in [1.807, 2.05) is 5.32 Å². The lowest BCUT2D eigenvalue weighted by molar-refractivity contribution is -0.174. The van der Waals surface area contributed by atoms with Gasteiger partial charge in [-0.3, -0.25) is 9.59 Å². The molecule has 0 radical (unpaired) electrons. The van der Waals surface area contributed by atoms with Crippen LogP contribution in [0.1, 0.15) is 34.8 Å². The molecule has 0 bridgehead atoms. The van der Waals surface area contributed by atoms with E-state index in [0.717, 1.165) is 0 Å². The molecule has 3 nitrogen and oxygen atoms in total. The Labute approximate surface area is 101 Å². The van der Waals surface area contributed by atoms with Gasteiger partial charge in [-0.1, -0.05) is 24.3 Å². The number of ketones is 1. The van der Waals surface area contributed by atoms with E-state index < -0.39 is 18.1 Å². The molecule has 1 amide bonds. The maximum absolute atomic E-state index is 12.2. The van der Waals surface area contributed by atoms with E-state index >= 15 is 0 Å². The molecule has 0 aliphatic heterocycles. The Kier molecular flexibility index (Phi) is 3.11. The van der Waals surface area contributed by atoms with Crippen LogP contribution in [0.15, 0.2) is 24.3 Å². The summed E-state index contributed by atoms with van der Waals surface area (Å²) in [5, 5.41) is 1.92. The summed E-state index contributed by atoms with van der Waals surface area (Å²) < 4.78 is 36.5. The van der Waals surface area contributed by atoms with Crippen LogP contribution in [-0.4, -0.2) is 17.9 Å². The predicted molar refractivity (Wildman–Crippen MR) is 56.9 cm³/mol. The van der Waals surface area contributed by atoms with Crippen molar-refractivity contribution in [3.8, 4) is 0 Å². The standard InChI is InChI=1S/C12H10F3NO2/c13-12(14,15)11(18)16-9-5-6-10(17)8-4-2-1-3-7(8)9/h1-4,9H,5-6H2,(H,16,18)/t9-/m1/s1. The van der Waals surface area contributed by atoms with Crippen LogP contribution in [0, 0.1) is 0 Å². The molecule has 1 aromatic carbocycles. The first-order chi connectivity index (χ1) is 8.39. The number of halogens is 3. The average Bonchev–Trinajstić information content (AvgIpc) is 2.32. The summed E-state index contributed by atoms with van der Waals surface area (Å²) in [7, 11) is 0. The van der Waals surface area contributed by atoms with Crippen LogP contribution in [0.3, 0.4) is 0 Å². The van der Waals surface area contributed by atoms with Crippen LogP contribution in [0.2, 0.25) is 0 Å². The van der Waals surface area contributed by atoms with E-state index in [2.05, 4.69) is 0 Å². The highest BCUT2D eigenvalue weighted by molar-refractivity contribution is 5.99. The quantitative estimate of drug-likeness (QED) is 0.839. The van der Waals surface area contributed by atoms with Crippen LogP contribution < -0.4 is 5.32 Å². The highest BCUT2D eigenvalue weighted by Gasteiger charge is 2.40. The summed E-state index contributed by atoms with van der Waals surface area (Å²) >= 11 is 0. The second kappa shape index (κ2) is 4.44. The fourth-order valence-corrected chi connectivity index (χ4v) is 2.01. The van der Waals surface area contributed by atoms with E-state index in [9.17, 15) is 22.8 Å². The number of rotatable bonds is 1. The molecule has 1 aromatic rings. The molecule has 0 saturated heterocycles. The Balaban J connectivity index is 2.25. The van der Waals surface area contributed by atoms with Gasteiger partial charge in [0.2, 0.25) is 0 Å². The first-order valence-corrected chi connectivity index (χ1v) is 5.39. The zero-order valence-corrected chi connectivity index (χ0v) is 9.25. The van der Waals surface area contributed by atoms with Crippen molar-refractivity contribution in [3.63, 3.8) is 0 Å². The van der Waals surface area contributed by atoms with Crippen molar-refractivity contribution >= 4 is 11.7 Å². The van der Waals surface area contributed by atoms with Crippen LogP contribution in [0.4, 0.5) is 13.2 Å². The van der Waals surface area contributed by atoms with Crippen molar-refractivity contribution in [1.29, 1.82) is 0 Å². The number of fused-ring (bicyclic) bond motifs is 1. The number of hydrogen-bond acceptors (Lipinski definition) is 2. The van der Waals surface area contributed by atoms with Gasteiger partial charge in [0.1, 0.15) is 0 Å². The van der Waals surface area contributed by atoms with Gasteiger partial charge in [0.25, 0.3) is 0 Å². The van der Waals surface area contributed by atoms with Crippen LogP contribution in [-0.2, 0) is 4.79 Å². The summed E-state index contributed by atoms with van der Waals surface area (Å²) in [5.74, 6) is -2.08. The smallest absolute Gasteiger partial charge is 0.341 e. The van der Waals surface area contributed by atoms with E-state index in [1.54, 1.807) is 24.3 Å². The molecule has 18 heavy (non-hydrogen) atoms. The van der Waals surface area contributed by atoms with Gasteiger partial charge < -0.3 is 5.32 Å². The van der Waals surface area contributed by atoms with Gasteiger partial charge in [-0.15, -0.1) is 0 Å². The molecular weight excluding hydrogens is 247 g/mol. The van der Waals surface area contributed by atoms with Crippen molar-refractivity contribution in [2.45, 2.75) is 25.1 Å². The topological polar surface area (TPSA) is 46.2 Å². The Hall–Kier alpha value is -1.85. The number of carbonyl (C=O) groups is 2. The summed E-state index contributed by atoms with van der Waals surface area (Å²) in [6.45, 7) is 0. The van der Waals surface area contributed by atoms with Crippen LogP contribution in [0.5, 0.6) is 0 Å². The number of carbonyl (C=O) groups excluding carboxylic acids is 2. The number of alkyl halides is 3. The Morgan fingerprint density at radius 1 is 1.28 bits per heavy atom. The third kappa shape index (κ3) is 2.37. The first-order valence-electron chi connectivity index (χ1n) is 5.39. The average molecular weight is 257 g/mol. The predicted octanol–water partition coefficient (Wildman–Crippen LogP) is 2.38. The van der Waals surface area contributed by atoms with Crippen molar-refractivity contribution in [1.82, 2.24) is 5.32 Å². The first kappa shape index (κ1) is 12.6. The number of nitrogens with one attached hydrogen (secondary N) is 1. The monoisotopic (exact) mass is 257 g/mol. The Morgan fingerprint density at radius 2 is 1.94 bits per heavy atom. The molecule has 0 unspecified atom stereocenters. The Bertz CT molecular complexity index is 496. The molecule has 0 fully saturated rings. The minimum absolute atomic E-state index is 0.108. The molecule has 1 N–H and O–H groups in total. The van der Waals surface area contributed by atoms with Crippen molar-refractivity contribution in [3.05, 3.63) is 35.4 Å². The van der Waals surface area contributed by atoms with E-state index in [-0.39, 0.29) is 18.6 Å². The van der Waals surface area contributed by atoms with E-state index in [1.165, 1.54) is 0 Å². The fraction of sp³-hybridized carbons (Fsp3) is 0.333. The highest BCUT2D eigenvalue weighted by Crippen LogP contribution is 2.30. The van der Waals surface area contributed by atoms with E-state index in [4.69, 9.17) is 0 Å². The lowest BCUT2D eigenvalue weighted by atomic mass is 9.87. The molecular formula is C12H10F3NO2. The molecule has 6 heteroatoms. The lowest BCUT2D eigenvalue weighted by Crippen LogP contribution is -2.40. The Morgan fingerprint density at radius 3 is 2.61 bits per heavy atom. The second-order valence-corrected chi connectivity index (χ2v) is 4.07. The molecule has 0 heterocycles. The number of benzene rings is 1. The molecule has 96 valence electrons. The lowest BCUT2D eigenvalue weighted by Gasteiger charge is -2.25. The number of amides is 1. The van der Waals surface area contributed by atoms with Gasteiger partial charge in [0.05, 0.1) is 6.04 Å². The molecule has 1 aliphatic rings. The molecule has 1 aliphatic carbocycles. The largest absolute Gasteiger partial charge is 0.471 e. The normalized spacial score (nSPS) is 19.3. The summed E-state index contributed by atoms with van der Waals surface area (Å²) in [6, 6.07) is 5.64. The summed E-state index contributed by atoms with van der Waals surface area (Å²) in [5.41, 5.74) is 0.836. The molecule has 0 aromatic heterocycles. The van der Waals surface area contributed by atoms with Crippen molar-refractivity contribution in [2.24, 2.45) is 0 Å². The van der Waals surface area contributed by atoms with Gasteiger partial charge >= 0.3 is 12.1 Å². The summed E-state index contributed by atoms with van der Waals surface area (Å²) in [6.07, 6.45) is -4.58. The molecule has 2 rings (SSSR count). The van der Waals surface area contributed by atoms with Gasteiger partial charge in [-0.05, 0) is 12.0 Å². The van der Waals surface area contributed by atoms with E-state index in [0.29, 0.717) is 11.1 Å².